The van der Waals surface area contributed by atoms with Crippen molar-refractivity contribution in [3.63, 3.8) is 0 Å². The molecule has 0 saturated heterocycles. The van der Waals surface area contributed by atoms with Crippen LogP contribution < -0.4 is 11.1 Å². The fourth-order valence-electron chi connectivity index (χ4n) is 2.30. The molecule has 0 spiro atoms. The second-order valence-corrected chi connectivity index (χ2v) is 6.25. The first-order valence-corrected chi connectivity index (χ1v) is 7.31. The second-order valence-electron chi connectivity index (χ2n) is 4.87. The Morgan fingerprint density at radius 3 is 2.67 bits per heavy atom. The fourth-order valence-corrected chi connectivity index (χ4v) is 3.61. The number of benzene rings is 1. The summed E-state index contributed by atoms with van der Waals surface area (Å²) >= 11 is 1.90. The van der Waals surface area contributed by atoms with Crippen LogP contribution in [-0.2, 0) is 4.79 Å². The maximum absolute atomic E-state index is 10.9. The Hall–Kier alpha value is -1.00. The van der Waals surface area contributed by atoms with Crippen LogP contribution in [0.5, 0.6) is 0 Å². The minimum absolute atomic E-state index is 0.0337. The van der Waals surface area contributed by atoms with Crippen molar-refractivity contribution in [3.05, 3.63) is 24.3 Å². The van der Waals surface area contributed by atoms with E-state index in [1.54, 1.807) is 0 Å². The molecule has 1 aliphatic rings. The van der Waals surface area contributed by atoms with E-state index in [1.165, 1.54) is 31.1 Å². The van der Waals surface area contributed by atoms with Crippen molar-refractivity contribution in [3.8, 4) is 0 Å². The van der Waals surface area contributed by atoms with Crippen LogP contribution in [-0.4, -0.2) is 17.2 Å². The van der Waals surface area contributed by atoms with Gasteiger partial charge in [-0.2, -0.15) is 0 Å². The SMILES string of the molecule is CC(=O)Nc1ccc(SC2CCCC(N)C2)cc1. The van der Waals surface area contributed by atoms with Crippen molar-refractivity contribution >= 4 is 23.4 Å². The Labute approximate surface area is 113 Å². The van der Waals surface area contributed by atoms with Crippen molar-refractivity contribution in [2.75, 3.05) is 5.32 Å². The molecule has 4 heteroatoms. The maximum atomic E-state index is 10.9. The van der Waals surface area contributed by atoms with Crippen molar-refractivity contribution in [1.29, 1.82) is 0 Å². The molecule has 3 nitrogen and oxygen atoms in total. The van der Waals surface area contributed by atoms with Gasteiger partial charge in [0.15, 0.2) is 0 Å². The predicted octanol–water partition coefficient (Wildman–Crippen LogP) is 3.01. The molecule has 18 heavy (non-hydrogen) atoms. The Balaban J connectivity index is 1.91. The molecule has 1 saturated carbocycles. The lowest BCUT2D eigenvalue weighted by Gasteiger charge is -2.26. The van der Waals surface area contributed by atoms with Gasteiger partial charge in [-0.3, -0.25) is 4.79 Å². The summed E-state index contributed by atoms with van der Waals surface area (Å²) in [6.07, 6.45) is 4.77. The predicted molar refractivity (Wildman–Crippen MR) is 76.8 cm³/mol. The molecule has 0 heterocycles. The number of carbonyl (C=O) groups is 1. The number of hydrogen-bond acceptors (Lipinski definition) is 3. The van der Waals surface area contributed by atoms with E-state index < -0.39 is 0 Å². The molecule has 1 aromatic rings. The van der Waals surface area contributed by atoms with E-state index in [9.17, 15) is 4.79 Å². The topological polar surface area (TPSA) is 55.1 Å². The highest BCUT2D eigenvalue weighted by Crippen LogP contribution is 2.33. The number of thioether (sulfide) groups is 1. The summed E-state index contributed by atoms with van der Waals surface area (Å²) in [6.45, 7) is 1.52. The molecule has 0 aliphatic heterocycles. The highest BCUT2D eigenvalue weighted by Gasteiger charge is 2.19. The van der Waals surface area contributed by atoms with Crippen LogP contribution in [0.3, 0.4) is 0 Å². The number of hydrogen-bond donors (Lipinski definition) is 2. The van der Waals surface area contributed by atoms with Crippen molar-refractivity contribution in [2.24, 2.45) is 5.73 Å². The number of amides is 1. The molecule has 3 N–H and O–H groups in total. The number of nitrogens with two attached hydrogens (primary N) is 1. The molecule has 0 aromatic heterocycles. The number of carbonyl (C=O) groups excluding carboxylic acids is 1. The normalized spacial score (nSPS) is 23.7. The zero-order chi connectivity index (χ0) is 13.0. The van der Waals surface area contributed by atoms with Gasteiger partial charge < -0.3 is 11.1 Å². The molecular formula is C14H20N2OS. The minimum Gasteiger partial charge on any atom is -0.328 e. The number of rotatable bonds is 3. The highest BCUT2D eigenvalue weighted by atomic mass is 32.2. The summed E-state index contributed by atoms with van der Waals surface area (Å²) in [6, 6.07) is 8.40. The molecule has 0 bridgehead atoms. The summed E-state index contributed by atoms with van der Waals surface area (Å²) < 4.78 is 0. The van der Waals surface area contributed by atoms with Crippen molar-refractivity contribution < 1.29 is 4.79 Å². The van der Waals surface area contributed by atoms with E-state index in [-0.39, 0.29) is 5.91 Å². The smallest absolute Gasteiger partial charge is 0.221 e. The summed E-state index contributed by atoms with van der Waals surface area (Å²) in [5.41, 5.74) is 6.85. The maximum Gasteiger partial charge on any atom is 0.221 e. The van der Waals surface area contributed by atoms with E-state index in [0.717, 1.165) is 12.1 Å². The van der Waals surface area contributed by atoms with Gasteiger partial charge in [-0.1, -0.05) is 6.42 Å². The lowest BCUT2D eigenvalue weighted by molar-refractivity contribution is -0.114. The fraction of sp³-hybridized carbons (Fsp3) is 0.500. The van der Waals surface area contributed by atoms with Crippen LogP contribution >= 0.6 is 11.8 Å². The molecule has 0 radical (unpaired) electrons. The summed E-state index contributed by atoms with van der Waals surface area (Å²) in [4.78, 5) is 12.2. The Morgan fingerprint density at radius 2 is 2.06 bits per heavy atom. The van der Waals surface area contributed by atoms with E-state index in [1.807, 2.05) is 23.9 Å². The van der Waals surface area contributed by atoms with E-state index >= 15 is 0 Å². The van der Waals surface area contributed by atoms with E-state index in [0.29, 0.717) is 11.3 Å². The van der Waals surface area contributed by atoms with Crippen LogP contribution in [0, 0.1) is 0 Å². The molecule has 2 unspecified atom stereocenters. The molecule has 2 rings (SSSR count). The van der Waals surface area contributed by atoms with Gasteiger partial charge in [0.05, 0.1) is 0 Å². The Morgan fingerprint density at radius 1 is 1.33 bits per heavy atom. The van der Waals surface area contributed by atoms with E-state index in [4.69, 9.17) is 5.73 Å². The van der Waals surface area contributed by atoms with Gasteiger partial charge in [-0.15, -0.1) is 11.8 Å². The molecule has 1 aliphatic carbocycles. The quantitative estimate of drug-likeness (QED) is 0.882. The summed E-state index contributed by atoms with van der Waals surface area (Å²) in [7, 11) is 0. The zero-order valence-corrected chi connectivity index (χ0v) is 11.5. The molecule has 98 valence electrons. The lowest BCUT2D eigenvalue weighted by atomic mass is 9.96. The molecule has 1 aromatic carbocycles. The van der Waals surface area contributed by atoms with Crippen LogP contribution in [0.15, 0.2) is 29.2 Å². The van der Waals surface area contributed by atoms with Gasteiger partial charge in [0.25, 0.3) is 0 Å². The Kier molecular flexibility index (Phi) is 4.66. The standard InChI is InChI=1S/C14H20N2OS/c1-10(17)16-12-5-7-13(8-6-12)18-14-4-2-3-11(15)9-14/h5-8,11,14H,2-4,9,15H2,1H3,(H,16,17). The van der Waals surface area contributed by atoms with Gasteiger partial charge in [-0.25, -0.2) is 0 Å². The van der Waals surface area contributed by atoms with Crippen molar-refractivity contribution in [2.45, 2.75) is 48.8 Å². The molecule has 2 atom stereocenters. The highest BCUT2D eigenvalue weighted by molar-refractivity contribution is 8.00. The monoisotopic (exact) mass is 264 g/mol. The Bertz CT molecular complexity index is 405. The number of anilines is 1. The summed E-state index contributed by atoms with van der Waals surface area (Å²) in [5, 5.41) is 3.41. The third-order valence-electron chi connectivity index (χ3n) is 3.14. The van der Waals surface area contributed by atoms with Crippen LogP contribution in [0.25, 0.3) is 0 Å². The largest absolute Gasteiger partial charge is 0.328 e. The average Bonchev–Trinajstić information content (AvgIpc) is 2.31. The molecule has 1 fully saturated rings. The lowest BCUT2D eigenvalue weighted by Crippen LogP contribution is -2.29. The molecular weight excluding hydrogens is 244 g/mol. The first-order chi connectivity index (χ1) is 8.63. The van der Waals surface area contributed by atoms with Gasteiger partial charge in [0, 0.05) is 28.8 Å². The average molecular weight is 264 g/mol. The van der Waals surface area contributed by atoms with Crippen LogP contribution in [0.1, 0.15) is 32.6 Å². The third kappa shape index (κ3) is 4.03. The van der Waals surface area contributed by atoms with Crippen LogP contribution in [0.2, 0.25) is 0 Å². The zero-order valence-electron chi connectivity index (χ0n) is 10.7. The second kappa shape index (κ2) is 6.25. The van der Waals surface area contributed by atoms with Crippen molar-refractivity contribution in [1.82, 2.24) is 0 Å². The van der Waals surface area contributed by atoms with Gasteiger partial charge in [-0.05, 0) is 43.5 Å². The van der Waals surface area contributed by atoms with Gasteiger partial charge in [0.2, 0.25) is 5.91 Å². The number of nitrogens with one attached hydrogen (secondary N) is 1. The first kappa shape index (κ1) is 13.4. The minimum atomic E-state index is -0.0337. The third-order valence-corrected chi connectivity index (χ3v) is 4.45. The van der Waals surface area contributed by atoms with E-state index in [2.05, 4.69) is 17.4 Å². The summed E-state index contributed by atoms with van der Waals surface area (Å²) in [5.74, 6) is -0.0337. The van der Waals surface area contributed by atoms with Gasteiger partial charge >= 0.3 is 0 Å². The molecule has 1 amide bonds. The first-order valence-electron chi connectivity index (χ1n) is 6.43. The van der Waals surface area contributed by atoms with Gasteiger partial charge in [0.1, 0.15) is 0 Å². The van der Waals surface area contributed by atoms with Crippen LogP contribution in [0.4, 0.5) is 5.69 Å².